The predicted octanol–water partition coefficient (Wildman–Crippen LogP) is 2.66. The highest BCUT2D eigenvalue weighted by Crippen LogP contribution is 2.17. The van der Waals surface area contributed by atoms with Gasteiger partial charge in [0.15, 0.2) is 5.82 Å². The van der Waals surface area contributed by atoms with Crippen molar-refractivity contribution in [3.8, 4) is 0 Å². The Balaban J connectivity index is 1.75. The predicted molar refractivity (Wildman–Crippen MR) is 90.8 cm³/mol. The van der Waals surface area contributed by atoms with Crippen molar-refractivity contribution < 1.29 is 19.2 Å². The third kappa shape index (κ3) is 6.41. The Hall–Kier alpha value is -2.35. The molecule has 0 radical (unpaired) electrons. The average Bonchev–Trinajstić information content (AvgIpc) is 2.93. The molecule has 0 spiro atoms. The highest BCUT2D eigenvalue weighted by atomic mass is 32.2. The number of aryl methyl sites for hydroxylation is 2. The number of nitrogens with one attached hydrogen (secondary N) is 1. The average molecular weight is 349 g/mol. The summed E-state index contributed by atoms with van der Waals surface area (Å²) < 4.78 is 5.00. The highest BCUT2D eigenvalue weighted by Gasteiger charge is 2.07. The lowest BCUT2D eigenvalue weighted by atomic mass is 10.2. The van der Waals surface area contributed by atoms with Gasteiger partial charge < -0.3 is 14.9 Å². The van der Waals surface area contributed by atoms with Crippen LogP contribution < -0.4 is 5.32 Å². The van der Waals surface area contributed by atoms with E-state index >= 15 is 0 Å². The Kier molecular flexibility index (Phi) is 6.80. The van der Waals surface area contributed by atoms with Gasteiger partial charge >= 0.3 is 5.97 Å². The summed E-state index contributed by atoms with van der Waals surface area (Å²) in [6.07, 6.45) is 1.56. The van der Waals surface area contributed by atoms with E-state index in [1.165, 1.54) is 11.8 Å². The molecule has 24 heavy (non-hydrogen) atoms. The van der Waals surface area contributed by atoms with E-state index in [0.717, 1.165) is 5.56 Å². The molecule has 2 aromatic rings. The van der Waals surface area contributed by atoms with Crippen LogP contribution >= 0.6 is 11.8 Å². The van der Waals surface area contributed by atoms with Gasteiger partial charge in [0.05, 0.1) is 5.75 Å². The lowest BCUT2D eigenvalue weighted by Gasteiger charge is -2.07. The van der Waals surface area contributed by atoms with Crippen LogP contribution in [0, 0.1) is 6.92 Å². The van der Waals surface area contributed by atoms with Crippen molar-refractivity contribution in [2.75, 3.05) is 11.1 Å². The van der Waals surface area contributed by atoms with Crippen molar-refractivity contribution in [3.63, 3.8) is 0 Å². The van der Waals surface area contributed by atoms with Crippen LogP contribution in [0.2, 0.25) is 0 Å². The second-order valence-electron chi connectivity index (χ2n) is 5.22. The van der Waals surface area contributed by atoms with Crippen LogP contribution in [0.15, 0.2) is 28.8 Å². The maximum atomic E-state index is 12.0. The van der Waals surface area contributed by atoms with Crippen molar-refractivity contribution in [1.29, 1.82) is 0 Å². The number of hydrogen-bond acceptors (Lipinski definition) is 6. The van der Waals surface area contributed by atoms with Crippen molar-refractivity contribution in [3.05, 3.63) is 41.5 Å². The fourth-order valence-electron chi connectivity index (χ4n) is 2.06. The summed E-state index contributed by atoms with van der Waals surface area (Å²) in [4.78, 5) is 26.6. The summed E-state index contributed by atoms with van der Waals surface area (Å²) in [6, 6.07) is 7.41. The maximum Gasteiger partial charge on any atom is 0.313 e. The highest BCUT2D eigenvalue weighted by molar-refractivity contribution is 7.99. The van der Waals surface area contributed by atoms with E-state index in [4.69, 9.17) is 9.63 Å². The number of nitrogens with zero attached hydrogens (tertiary/aromatic N) is 2. The molecule has 1 aromatic carbocycles. The lowest BCUT2D eigenvalue weighted by Crippen LogP contribution is -2.11. The van der Waals surface area contributed by atoms with Gasteiger partial charge in [-0.2, -0.15) is 4.98 Å². The number of carbonyl (C=O) groups excluding carboxylic acids is 1. The van der Waals surface area contributed by atoms with Crippen molar-refractivity contribution in [2.45, 2.75) is 31.9 Å². The SMILES string of the molecule is Cc1noc(CCCC(=O)Nc2cccc(CSCC(=O)O)c2)n1. The molecule has 2 N–H and O–H groups in total. The molecule has 0 saturated carbocycles. The summed E-state index contributed by atoms with van der Waals surface area (Å²) in [5, 5.41) is 15.2. The van der Waals surface area contributed by atoms with Gasteiger partial charge in [-0.1, -0.05) is 17.3 Å². The van der Waals surface area contributed by atoms with E-state index < -0.39 is 5.97 Å². The number of carbonyl (C=O) groups is 2. The van der Waals surface area contributed by atoms with E-state index in [2.05, 4.69) is 15.5 Å². The Labute approximate surface area is 143 Å². The molecule has 0 unspecified atom stereocenters. The number of rotatable bonds is 9. The third-order valence-electron chi connectivity index (χ3n) is 3.07. The van der Waals surface area contributed by atoms with Crippen LogP contribution in [0.1, 0.15) is 30.1 Å². The lowest BCUT2D eigenvalue weighted by molar-refractivity contribution is -0.133. The monoisotopic (exact) mass is 349 g/mol. The Morgan fingerprint density at radius 1 is 1.38 bits per heavy atom. The van der Waals surface area contributed by atoms with E-state index in [1.807, 2.05) is 24.3 Å². The summed E-state index contributed by atoms with van der Waals surface area (Å²) in [5.74, 6) is 0.866. The first kappa shape index (κ1) is 18.0. The first-order valence-electron chi connectivity index (χ1n) is 7.50. The van der Waals surface area contributed by atoms with Gasteiger partial charge in [-0.05, 0) is 31.0 Å². The Morgan fingerprint density at radius 3 is 2.92 bits per heavy atom. The standard InChI is InChI=1S/C16H19N3O4S/c1-11-17-15(23-19-11)7-3-6-14(20)18-13-5-2-4-12(8-13)9-24-10-16(21)22/h2,4-5,8H,3,6-7,9-10H2,1H3,(H,18,20)(H,21,22). The van der Waals surface area contributed by atoms with Crippen LogP contribution in [0.4, 0.5) is 5.69 Å². The summed E-state index contributed by atoms with van der Waals surface area (Å²) in [6.45, 7) is 1.75. The zero-order valence-corrected chi connectivity index (χ0v) is 14.1. The number of aliphatic carboxylic acids is 1. The molecular weight excluding hydrogens is 330 g/mol. The fraction of sp³-hybridized carbons (Fsp3) is 0.375. The molecule has 0 saturated heterocycles. The summed E-state index contributed by atoms with van der Waals surface area (Å²) in [5.41, 5.74) is 1.68. The summed E-state index contributed by atoms with van der Waals surface area (Å²) in [7, 11) is 0. The summed E-state index contributed by atoms with van der Waals surface area (Å²) >= 11 is 1.32. The normalized spacial score (nSPS) is 10.5. The van der Waals surface area contributed by atoms with Crippen LogP contribution in [-0.2, 0) is 21.8 Å². The topological polar surface area (TPSA) is 105 Å². The molecule has 0 atom stereocenters. The van der Waals surface area contributed by atoms with Crippen LogP contribution in [0.5, 0.6) is 0 Å². The molecule has 128 valence electrons. The van der Waals surface area contributed by atoms with Gasteiger partial charge in [-0.25, -0.2) is 0 Å². The van der Waals surface area contributed by atoms with Crippen LogP contribution in [0.3, 0.4) is 0 Å². The van der Waals surface area contributed by atoms with Crippen molar-refractivity contribution in [1.82, 2.24) is 10.1 Å². The Bertz CT molecular complexity index is 702. The fourth-order valence-corrected chi connectivity index (χ4v) is 2.75. The third-order valence-corrected chi connectivity index (χ3v) is 4.06. The molecular formula is C16H19N3O4S. The van der Waals surface area contributed by atoms with E-state index in [-0.39, 0.29) is 11.7 Å². The van der Waals surface area contributed by atoms with Crippen LogP contribution in [0.25, 0.3) is 0 Å². The first-order chi connectivity index (χ1) is 11.5. The molecule has 2 rings (SSSR count). The van der Waals surface area contributed by atoms with E-state index in [0.29, 0.717) is 42.4 Å². The number of anilines is 1. The molecule has 1 aromatic heterocycles. The largest absolute Gasteiger partial charge is 0.481 e. The second-order valence-corrected chi connectivity index (χ2v) is 6.21. The van der Waals surface area contributed by atoms with E-state index in [1.54, 1.807) is 6.92 Å². The number of hydrogen-bond donors (Lipinski definition) is 2. The zero-order valence-electron chi connectivity index (χ0n) is 13.3. The number of carboxylic acids is 1. The van der Waals surface area contributed by atoms with Gasteiger partial charge in [0.2, 0.25) is 11.8 Å². The minimum absolute atomic E-state index is 0.0612. The van der Waals surface area contributed by atoms with Gasteiger partial charge in [0.1, 0.15) is 0 Å². The number of amides is 1. The minimum Gasteiger partial charge on any atom is -0.481 e. The van der Waals surface area contributed by atoms with Gasteiger partial charge in [-0.15, -0.1) is 11.8 Å². The second kappa shape index (κ2) is 9.07. The number of carboxylic acid groups (broad SMARTS) is 1. The smallest absolute Gasteiger partial charge is 0.313 e. The number of thioether (sulfide) groups is 1. The zero-order chi connectivity index (χ0) is 17.4. The van der Waals surface area contributed by atoms with Crippen molar-refractivity contribution >= 4 is 29.3 Å². The molecule has 0 fully saturated rings. The molecule has 0 aliphatic heterocycles. The quantitative estimate of drug-likeness (QED) is 0.717. The van der Waals surface area contributed by atoms with E-state index in [9.17, 15) is 9.59 Å². The molecule has 1 heterocycles. The Morgan fingerprint density at radius 2 is 2.21 bits per heavy atom. The molecule has 1 amide bonds. The van der Waals surface area contributed by atoms with Crippen molar-refractivity contribution in [2.24, 2.45) is 0 Å². The van der Waals surface area contributed by atoms with Gasteiger partial charge in [-0.3, -0.25) is 9.59 Å². The molecule has 8 heteroatoms. The minimum atomic E-state index is -0.833. The van der Waals surface area contributed by atoms with Crippen LogP contribution in [-0.4, -0.2) is 32.9 Å². The van der Waals surface area contributed by atoms with Gasteiger partial charge in [0.25, 0.3) is 0 Å². The molecule has 7 nitrogen and oxygen atoms in total. The van der Waals surface area contributed by atoms with Gasteiger partial charge in [0, 0.05) is 24.3 Å². The number of benzene rings is 1. The number of aromatic nitrogens is 2. The molecule has 0 bridgehead atoms. The first-order valence-corrected chi connectivity index (χ1v) is 8.66. The molecule has 0 aliphatic rings. The maximum absolute atomic E-state index is 12.0. The molecule has 0 aliphatic carbocycles.